The molecule has 140 valence electrons. The fraction of sp³-hybridized carbons (Fsp3) is 0.632. The summed E-state index contributed by atoms with van der Waals surface area (Å²) in [5.74, 6) is -0.0340. The minimum atomic E-state index is -0.652. The Morgan fingerprint density at radius 1 is 1.23 bits per heavy atom. The van der Waals surface area contributed by atoms with E-state index in [0.717, 1.165) is 44.5 Å². The van der Waals surface area contributed by atoms with Gasteiger partial charge in [0.25, 0.3) is 5.91 Å². The zero-order valence-corrected chi connectivity index (χ0v) is 15.2. The van der Waals surface area contributed by atoms with E-state index in [2.05, 4.69) is 16.9 Å². The third-order valence-corrected chi connectivity index (χ3v) is 5.50. The molecule has 0 spiro atoms. The average molecular weight is 358 g/mol. The van der Waals surface area contributed by atoms with Crippen LogP contribution < -0.4 is 0 Å². The molecular formula is C19H26N4O3. The molecule has 4 rings (SSSR count). The van der Waals surface area contributed by atoms with E-state index >= 15 is 0 Å². The van der Waals surface area contributed by atoms with Gasteiger partial charge in [-0.3, -0.25) is 14.6 Å². The van der Waals surface area contributed by atoms with Crippen molar-refractivity contribution in [2.45, 2.75) is 37.5 Å². The first kappa shape index (κ1) is 17.4. The molecule has 0 radical (unpaired) electrons. The molecule has 1 aromatic heterocycles. The Labute approximate surface area is 153 Å². The number of nitrogens with zero attached hydrogens (tertiary/aromatic N) is 4. The van der Waals surface area contributed by atoms with E-state index in [1.165, 1.54) is 0 Å². The van der Waals surface area contributed by atoms with E-state index in [1.807, 2.05) is 21.9 Å². The first-order chi connectivity index (χ1) is 12.6. The molecule has 0 bridgehead atoms. The lowest BCUT2D eigenvalue weighted by molar-refractivity contribution is -0.170. The van der Waals surface area contributed by atoms with Crippen LogP contribution in [0.1, 0.15) is 30.9 Å². The van der Waals surface area contributed by atoms with Crippen molar-refractivity contribution >= 4 is 11.8 Å². The monoisotopic (exact) mass is 358 g/mol. The van der Waals surface area contributed by atoms with E-state index in [0.29, 0.717) is 6.54 Å². The number of morpholine rings is 1. The molecule has 2 atom stereocenters. The van der Waals surface area contributed by atoms with Crippen LogP contribution in [-0.2, 0) is 14.3 Å². The number of hydrogen-bond donors (Lipinski definition) is 0. The minimum Gasteiger partial charge on any atom is -0.356 e. The number of likely N-dealkylation sites (N-methyl/N-ethyl adjacent to an activating group) is 1. The summed E-state index contributed by atoms with van der Waals surface area (Å²) in [4.78, 5) is 36.1. The minimum absolute atomic E-state index is 0.00713. The van der Waals surface area contributed by atoms with Crippen LogP contribution >= 0.6 is 0 Å². The van der Waals surface area contributed by atoms with Crippen molar-refractivity contribution in [3.05, 3.63) is 30.1 Å². The molecule has 0 unspecified atom stereocenters. The maximum Gasteiger partial charge on any atom is 0.254 e. The highest BCUT2D eigenvalue weighted by Crippen LogP contribution is 2.39. The first-order valence-electron chi connectivity index (χ1n) is 9.45. The van der Waals surface area contributed by atoms with Gasteiger partial charge in [-0.1, -0.05) is 6.07 Å². The Morgan fingerprint density at radius 3 is 2.81 bits per heavy atom. The van der Waals surface area contributed by atoms with Gasteiger partial charge in [-0.2, -0.15) is 0 Å². The maximum atomic E-state index is 13.3. The second-order valence-electron chi connectivity index (χ2n) is 7.48. The topological polar surface area (TPSA) is 66.0 Å². The number of rotatable bonds is 3. The van der Waals surface area contributed by atoms with Crippen LogP contribution in [0.15, 0.2) is 24.5 Å². The first-order valence-corrected chi connectivity index (χ1v) is 9.45. The van der Waals surface area contributed by atoms with Crippen molar-refractivity contribution in [1.82, 2.24) is 19.7 Å². The van der Waals surface area contributed by atoms with Crippen LogP contribution in [0.4, 0.5) is 0 Å². The van der Waals surface area contributed by atoms with Crippen LogP contribution in [0.25, 0.3) is 0 Å². The van der Waals surface area contributed by atoms with Gasteiger partial charge in [-0.25, -0.2) is 0 Å². The van der Waals surface area contributed by atoms with Crippen molar-refractivity contribution < 1.29 is 14.3 Å². The predicted octanol–water partition coefficient (Wildman–Crippen LogP) is 0.677. The molecule has 1 aromatic rings. The standard InChI is InChI=1S/C19H26N4O3/c1-21-8-3-9-22(11-10-21)19(25)18-17(14-4-2-7-20-12-14)23(15-5-6-15)16(24)13-26-18/h2,4,7,12,15,17-18H,3,5-6,8-11,13H2,1H3/t17-,18+/m1/s1. The number of ether oxygens (including phenoxy) is 1. The van der Waals surface area contributed by atoms with E-state index < -0.39 is 6.10 Å². The molecule has 3 aliphatic rings. The fourth-order valence-electron chi connectivity index (χ4n) is 3.95. The summed E-state index contributed by atoms with van der Waals surface area (Å²) in [6.45, 7) is 3.28. The molecule has 0 aromatic carbocycles. The molecule has 0 N–H and O–H groups in total. The number of carbonyl (C=O) groups is 2. The third kappa shape index (κ3) is 3.46. The van der Waals surface area contributed by atoms with Crippen molar-refractivity contribution in [3.8, 4) is 0 Å². The van der Waals surface area contributed by atoms with Gasteiger partial charge in [0, 0.05) is 38.1 Å². The van der Waals surface area contributed by atoms with E-state index in [9.17, 15) is 9.59 Å². The Morgan fingerprint density at radius 2 is 2.08 bits per heavy atom. The van der Waals surface area contributed by atoms with Crippen molar-refractivity contribution in [1.29, 1.82) is 0 Å². The molecule has 26 heavy (non-hydrogen) atoms. The summed E-state index contributed by atoms with van der Waals surface area (Å²) < 4.78 is 5.82. The zero-order valence-electron chi connectivity index (χ0n) is 15.2. The van der Waals surface area contributed by atoms with E-state index in [4.69, 9.17) is 4.74 Å². The molecule has 2 amide bonds. The summed E-state index contributed by atoms with van der Waals surface area (Å²) in [6, 6.07) is 3.63. The quantitative estimate of drug-likeness (QED) is 0.795. The van der Waals surface area contributed by atoms with Crippen molar-refractivity contribution in [3.63, 3.8) is 0 Å². The van der Waals surface area contributed by atoms with Gasteiger partial charge >= 0.3 is 0 Å². The largest absolute Gasteiger partial charge is 0.356 e. The molecule has 3 heterocycles. The summed E-state index contributed by atoms with van der Waals surface area (Å²) >= 11 is 0. The average Bonchev–Trinajstić information content (AvgIpc) is 3.50. The third-order valence-electron chi connectivity index (χ3n) is 5.50. The molecule has 2 saturated heterocycles. The molecular weight excluding hydrogens is 332 g/mol. The Hall–Kier alpha value is -1.99. The second kappa shape index (κ2) is 7.32. The van der Waals surface area contributed by atoms with Crippen LogP contribution in [-0.4, -0.2) is 83.5 Å². The van der Waals surface area contributed by atoms with Crippen LogP contribution in [0.5, 0.6) is 0 Å². The van der Waals surface area contributed by atoms with Gasteiger partial charge in [0.15, 0.2) is 6.10 Å². The zero-order chi connectivity index (χ0) is 18.1. The van der Waals surface area contributed by atoms with Crippen molar-refractivity contribution in [2.24, 2.45) is 0 Å². The van der Waals surface area contributed by atoms with Crippen LogP contribution in [0.2, 0.25) is 0 Å². The van der Waals surface area contributed by atoms with Crippen LogP contribution in [0.3, 0.4) is 0 Å². The number of amides is 2. The Bertz CT molecular complexity index is 664. The number of pyridine rings is 1. The fourth-order valence-corrected chi connectivity index (χ4v) is 3.95. The number of carbonyl (C=O) groups excluding carboxylic acids is 2. The predicted molar refractivity (Wildman–Crippen MR) is 95.3 cm³/mol. The lowest BCUT2D eigenvalue weighted by atomic mass is 9.97. The molecule has 3 fully saturated rings. The maximum absolute atomic E-state index is 13.3. The van der Waals surface area contributed by atoms with E-state index in [-0.39, 0.29) is 30.5 Å². The molecule has 2 aliphatic heterocycles. The summed E-state index contributed by atoms with van der Waals surface area (Å²) in [7, 11) is 2.08. The highest BCUT2D eigenvalue weighted by Gasteiger charge is 2.48. The highest BCUT2D eigenvalue weighted by atomic mass is 16.5. The SMILES string of the molecule is CN1CCCN(C(=O)[C@H]2OCC(=O)N(C3CC3)[C@@H]2c2cccnc2)CC1. The molecule has 7 heteroatoms. The summed E-state index contributed by atoms with van der Waals surface area (Å²) in [5, 5.41) is 0. The lowest BCUT2D eigenvalue weighted by Gasteiger charge is -2.42. The molecule has 7 nitrogen and oxygen atoms in total. The van der Waals surface area contributed by atoms with Gasteiger partial charge in [-0.05, 0) is 44.5 Å². The number of hydrogen-bond acceptors (Lipinski definition) is 5. The lowest BCUT2D eigenvalue weighted by Crippen LogP contribution is -2.56. The Balaban J connectivity index is 1.62. The van der Waals surface area contributed by atoms with Crippen molar-refractivity contribution in [2.75, 3.05) is 39.8 Å². The smallest absolute Gasteiger partial charge is 0.254 e. The van der Waals surface area contributed by atoms with Gasteiger partial charge in [0.05, 0.1) is 6.04 Å². The normalized spacial score (nSPS) is 28.1. The second-order valence-corrected chi connectivity index (χ2v) is 7.48. The Kier molecular flexibility index (Phi) is 4.91. The summed E-state index contributed by atoms with van der Waals surface area (Å²) in [5.41, 5.74) is 0.873. The van der Waals surface area contributed by atoms with Gasteiger partial charge in [-0.15, -0.1) is 0 Å². The van der Waals surface area contributed by atoms with Gasteiger partial charge in [0.2, 0.25) is 5.91 Å². The van der Waals surface area contributed by atoms with Gasteiger partial charge in [0.1, 0.15) is 6.61 Å². The molecule has 1 aliphatic carbocycles. The summed E-state index contributed by atoms with van der Waals surface area (Å²) in [6.07, 6.45) is 5.75. The molecule has 1 saturated carbocycles. The number of aromatic nitrogens is 1. The van der Waals surface area contributed by atoms with Crippen LogP contribution in [0, 0.1) is 0 Å². The van der Waals surface area contributed by atoms with Gasteiger partial charge < -0.3 is 19.4 Å². The van der Waals surface area contributed by atoms with E-state index in [1.54, 1.807) is 12.4 Å². The highest BCUT2D eigenvalue weighted by molar-refractivity contribution is 5.86.